The fourth-order valence-electron chi connectivity index (χ4n) is 2.74. The number of hydrogen-bond donors (Lipinski definition) is 0. The maximum Gasteiger partial charge on any atom is 0.275 e. The van der Waals surface area contributed by atoms with E-state index in [9.17, 15) is 9.59 Å². The van der Waals surface area contributed by atoms with E-state index in [1.807, 2.05) is 66.7 Å². The van der Waals surface area contributed by atoms with Crippen LogP contribution >= 0.6 is 0 Å². The van der Waals surface area contributed by atoms with Crippen LogP contribution in [0.2, 0.25) is 0 Å². The van der Waals surface area contributed by atoms with Crippen LogP contribution in [-0.2, 0) is 13.1 Å². The summed E-state index contributed by atoms with van der Waals surface area (Å²) in [5.74, 6) is 0.281. The van der Waals surface area contributed by atoms with Crippen LogP contribution in [0.1, 0.15) is 16.1 Å². The fourth-order valence-corrected chi connectivity index (χ4v) is 2.74. The molecule has 0 saturated heterocycles. The molecule has 0 aliphatic rings. The summed E-state index contributed by atoms with van der Waals surface area (Å²) in [6, 6.07) is 23.3. The fraction of sp³-hybridized carbons (Fsp3) is 0.182. The van der Waals surface area contributed by atoms with Crippen LogP contribution in [0.4, 0.5) is 0 Å². The highest BCUT2D eigenvalue weighted by Gasteiger charge is 2.18. The maximum atomic E-state index is 12.9. The minimum absolute atomic E-state index is 0.0777. The maximum absolute atomic E-state index is 12.9. The summed E-state index contributed by atoms with van der Waals surface area (Å²) in [5, 5.41) is 13.3. The molecule has 0 spiro atoms. The van der Waals surface area contributed by atoms with Crippen LogP contribution in [-0.4, -0.2) is 33.7 Å². The number of carbonyl (C=O) groups is 1. The first-order valence-electron chi connectivity index (χ1n) is 9.13. The summed E-state index contributed by atoms with van der Waals surface area (Å²) in [5.41, 5.74) is 0.685. The van der Waals surface area contributed by atoms with E-state index in [0.29, 0.717) is 5.75 Å². The highest BCUT2D eigenvalue weighted by Crippen LogP contribution is 2.09. The highest BCUT2D eigenvalue weighted by molar-refractivity contribution is 5.92. The van der Waals surface area contributed by atoms with E-state index < -0.39 is 5.91 Å². The van der Waals surface area contributed by atoms with Crippen molar-refractivity contribution >= 4 is 5.91 Å². The van der Waals surface area contributed by atoms with Gasteiger partial charge in [-0.25, -0.2) is 4.68 Å². The first-order chi connectivity index (χ1) is 14.2. The largest absolute Gasteiger partial charge is 0.492 e. The molecule has 29 heavy (non-hydrogen) atoms. The summed E-state index contributed by atoms with van der Waals surface area (Å²) >= 11 is 0. The normalized spacial score (nSPS) is 10.2. The van der Waals surface area contributed by atoms with Gasteiger partial charge in [0.15, 0.2) is 0 Å². The minimum Gasteiger partial charge on any atom is -0.492 e. The Labute approximate surface area is 168 Å². The van der Waals surface area contributed by atoms with Gasteiger partial charge in [-0.15, -0.1) is 0 Å². The SMILES string of the molecule is N#CCN(Cc1ccccc1)C(=O)c1ccc(=O)n(CCOc2ccccc2)n1. The van der Waals surface area contributed by atoms with E-state index in [1.165, 1.54) is 21.7 Å². The van der Waals surface area contributed by atoms with Gasteiger partial charge in [0, 0.05) is 12.6 Å². The smallest absolute Gasteiger partial charge is 0.275 e. The average Bonchev–Trinajstić information content (AvgIpc) is 2.76. The van der Waals surface area contributed by atoms with Gasteiger partial charge in [0.25, 0.3) is 11.5 Å². The number of nitriles is 1. The van der Waals surface area contributed by atoms with E-state index in [0.717, 1.165) is 5.56 Å². The molecule has 0 radical (unpaired) electrons. The lowest BCUT2D eigenvalue weighted by Gasteiger charge is -2.19. The number of aromatic nitrogens is 2. The van der Waals surface area contributed by atoms with Crippen molar-refractivity contribution in [1.82, 2.24) is 14.7 Å². The Hall–Kier alpha value is -3.92. The van der Waals surface area contributed by atoms with E-state index in [1.54, 1.807) is 0 Å². The van der Waals surface area contributed by atoms with Gasteiger partial charge in [0.05, 0.1) is 12.6 Å². The molecule has 0 fully saturated rings. The third-order valence-corrected chi connectivity index (χ3v) is 4.17. The molecule has 0 atom stereocenters. The number of amides is 1. The molecule has 0 aliphatic heterocycles. The Morgan fingerprint density at radius 2 is 1.72 bits per heavy atom. The van der Waals surface area contributed by atoms with Crippen LogP contribution in [0, 0.1) is 11.3 Å². The van der Waals surface area contributed by atoms with Gasteiger partial charge in [-0.3, -0.25) is 9.59 Å². The predicted molar refractivity (Wildman–Crippen MR) is 107 cm³/mol. The second-order valence-electron chi connectivity index (χ2n) is 6.25. The van der Waals surface area contributed by atoms with E-state index in [4.69, 9.17) is 10.00 Å². The first-order valence-corrected chi connectivity index (χ1v) is 9.13. The van der Waals surface area contributed by atoms with Crippen molar-refractivity contribution in [2.24, 2.45) is 0 Å². The predicted octanol–water partition coefficient (Wildman–Crippen LogP) is 2.49. The molecular formula is C22H20N4O3. The van der Waals surface area contributed by atoms with Gasteiger partial charge >= 0.3 is 0 Å². The molecule has 146 valence electrons. The standard InChI is InChI=1S/C22H20N4O3/c23-13-14-25(17-18-7-3-1-4-8-18)22(28)20-11-12-21(27)26(24-20)15-16-29-19-9-5-2-6-10-19/h1-12H,14-17H2. The molecule has 2 aromatic carbocycles. The molecule has 1 heterocycles. The van der Waals surface area contributed by atoms with Crippen LogP contribution < -0.4 is 10.3 Å². The summed E-state index contributed by atoms with van der Waals surface area (Å²) in [6.07, 6.45) is 0. The highest BCUT2D eigenvalue weighted by atomic mass is 16.5. The molecule has 3 aromatic rings. The van der Waals surface area contributed by atoms with Crippen molar-refractivity contribution in [3.05, 3.63) is 94.4 Å². The van der Waals surface area contributed by atoms with Crippen LogP contribution in [0.3, 0.4) is 0 Å². The Morgan fingerprint density at radius 3 is 2.41 bits per heavy atom. The van der Waals surface area contributed by atoms with Gasteiger partial charge in [0.2, 0.25) is 0 Å². The lowest BCUT2D eigenvalue weighted by Crippen LogP contribution is -2.34. The average molecular weight is 388 g/mol. The van der Waals surface area contributed by atoms with Crippen molar-refractivity contribution in [3.63, 3.8) is 0 Å². The molecule has 0 saturated carbocycles. The van der Waals surface area contributed by atoms with Gasteiger partial charge < -0.3 is 9.64 Å². The number of para-hydroxylation sites is 1. The van der Waals surface area contributed by atoms with Crippen molar-refractivity contribution in [3.8, 4) is 11.8 Å². The topological polar surface area (TPSA) is 88.2 Å². The molecule has 1 aromatic heterocycles. The van der Waals surface area contributed by atoms with E-state index in [-0.39, 0.29) is 37.5 Å². The van der Waals surface area contributed by atoms with Gasteiger partial charge in [-0.2, -0.15) is 10.4 Å². The second kappa shape index (κ2) is 9.85. The Morgan fingerprint density at radius 1 is 1.03 bits per heavy atom. The zero-order valence-electron chi connectivity index (χ0n) is 15.8. The molecule has 0 bridgehead atoms. The van der Waals surface area contributed by atoms with Crippen molar-refractivity contribution in [2.75, 3.05) is 13.2 Å². The molecule has 7 heteroatoms. The quantitative estimate of drug-likeness (QED) is 0.553. The van der Waals surface area contributed by atoms with E-state index in [2.05, 4.69) is 5.10 Å². The molecule has 1 amide bonds. The van der Waals surface area contributed by atoms with Crippen molar-refractivity contribution < 1.29 is 9.53 Å². The second-order valence-corrected chi connectivity index (χ2v) is 6.25. The van der Waals surface area contributed by atoms with Crippen LogP contribution in [0.5, 0.6) is 5.75 Å². The number of nitrogens with zero attached hydrogens (tertiary/aromatic N) is 4. The summed E-state index contributed by atoms with van der Waals surface area (Å²) in [7, 11) is 0. The van der Waals surface area contributed by atoms with Gasteiger partial charge in [0.1, 0.15) is 24.6 Å². The van der Waals surface area contributed by atoms with Crippen LogP contribution in [0.25, 0.3) is 0 Å². The van der Waals surface area contributed by atoms with Crippen molar-refractivity contribution in [1.29, 1.82) is 5.26 Å². The molecule has 0 aliphatic carbocycles. The minimum atomic E-state index is -0.409. The number of benzene rings is 2. The zero-order valence-corrected chi connectivity index (χ0v) is 15.8. The molecule has 7 nitrogen and oxygen atoms in total. The van der Waals surface area contributed by atoms with Gasteiger partial charge in [-0.1, -0.05) is 48.5 Å². The number of rotatable bonds is 8. The third-order valence-electron chi connectivity index (χ3n) is 4.17. The van der Waals surface area contributed by atoms with E-state index >= 15 is 0 Å². The Kier molecular flexibility index (Phi) is 6.74. The summed E-state index contributed by atoms with van der Waals surface area (Å²) < 4.78 is 6.79. The number of ether oxygens (including phenoxy) is 1. The Bertz CT molecular complexity index is 1040. The monoisotopic (exact) mass is 388 g/mol. The molecular weight excluding hydrogens is 368 g/mol. The lowest BCUT2D eigenvalue weighted by molar-refractivity contribution is 0.0755. The molecule has 0 unspecified atom stereocenters. The molecule has 0 N–H and O–H groups in total. The zero-order chi connectivity index (χ0) is 20.5. The van der Waals surface area contributed by atoms with Crippen LogP contribution in [0.15, 0.2) is 77.6 Å². The lowest BCUT2D eigenvalue weighted by atomic mass is 10.2. The Balaban J connectivity index is 1.71. The van der Waals surface area contributed by atoms with Gasteiger partial charge in [-0.05, 0) is 23.8 Å². The van der Waals surface area contributed by atoms with Crippen molar-refractivity contribution in [2.45, 2.75) is 13.1 Å². The summed E-state index contributed by atoms with van der Waals surface area (Å²) in [4.78, 5) is 26.4. The third kappa shape index (κ3) is 5.53. The summed E-state index contributed by atoms with van der Waals surface area (Å²) in [6.45, 7) is 0.642. The number of carbonyl (C=O) groups excluding carboxylic acids is 1. The number of hydrogen-bond acceptors (Lipinski definition) is 5. The molecule has 3 rings (SSSR count). The first kappa shape index (κ1) is 19.8.